The first kappa shape index (κ1) is 9.13. The highest BCUT2D eigenvalue weighted by Gasteiger charge is 1.90. The third kappa shape index (κ3) is 2.96. The minimum absolute atomic E-state index is 0.0248. The van der Waals surface area contributed by atoms with E-state index >= 15 is 0 Å². The molecule has 0 N–H and O–H groups in total. The highest BCUT2D eigenvalue weighted by molar-refractivity contribution is 9.10. The lowest BCUT2D eigenvalue weighted by Crippen LogP contribution is -1.83. The molecule has 0 aliphatic rings. The molecule has 62 valence electrons. The molecule has 0 unspecified atom stereocenters. The van der Waals surface area contributed by atoms with Crippen LogP contribution in [0.4, 0.5) is 0 Å². The van der Waals surface area contributed by atoms with Crippen molar-refractivity contribution < 1.29 is 4.79 Å². The maximum Gasteiger partial charge on any atom is 0.152 e. The highest BCUT2D eigenvalue weighted by atomic mass is 79.9. The van der Waals surface area contributed by atoms with Gasteiger partial charge in [0.15, 0.2) is 5.78 Å². The zero-order valence-corrected chi connectivity index (χ0v) is 8.21. The first-order valence-electron chi connectivity index (χ1n) is 3.50. The van der Waals surface area contributed by atoms with Crippen LogP contribution in [-0.2, 0) is 4.79 Å². The maximum absolute atomic E-state index is 10.6. The zero-order chi connectivity index (χ0) is 8.97. The molecule has 0 fully saturated rings. The second kappa shape index (κ2) is 4.16. The fourth-order valence-electron chi connectivity index (χ4n) is 0.720. The van der Waals surface area contributed by atoms with Crippen LogP contribution in [0.15, 0.2) is 28.9 Å². The van der Waals surface area contributed by atoms with Crippen molar-refractivity contribution in [3.8, 4) is 0 Å². The van der Waals surface area contributed by atoms with Gasteiger partial charge in [0.25, 0.3) is 0 Å². The third-order valence-electron chi connectivity index (χ3n) is 1.23. The van der Waals surface area contributed by atoms with E-state index in [1.807, 2.05) is 18.2 Å². The van der Waals surface area contributed by atoms with E-state index < -0.39 is 0 Å². The normalized spacial score (nSPS) is 10.5. The molecule has 0 spiro atoms. The molecule has 1 rings (SSSR count). The second-order valence-corrected chi connectivity index (χ2v) is 3.14. The smallest absolute Gasteiger partial charge is 0.152 e. The third-order valence-corrected chi connectivity index (χ3v) is 1.67. The summed E-state index contributed by atoms with van der Waals surface area (Å²) in [5.41, 5.74) is 0.777. The fraction of sp³-hybridized carbons (Fsp3) is 0.111. The summed E-state index contributed by atoms with van der Waals surface area (Å²) in [5, 5.41) is 0. The number of carbonyl (C=O) groups is 1. The Morgan fingerprint density at radius 1 is 1.58 bits per heavy atom. The minimum Gasteiger partial charge on any atom is -0.295 e. The van der Waals surface area contributed by atoms with Crippen LogP contribution in [0.2, 0.25) is 0 Å². The van der Waals surface area contributed by atoms with Crippen LogP contribution >= 0.6 is 15.9 Å². The molecule has 1 aromatic heterocycles. The van der Waals surface area contributed by atoms with Crippen molar-refractivity contribution in [2.24, 2.45) is 0 Å². The molecule has 12 heavy (non-hydrogen) atoms. The molecule has 0 aliphatic heterocycles. The van der Waals surface area contributed by atoms with Gasteiger partial charge in [-0.2, -0.15) is 0 Å². The lowest BCUT2D eigenvalue weighted by Gasteiger charge is -1.91. The Labute approximate surface area is 79.5 Å². The monoisotopic (exact) mass is 225 g/mol. The molecule has 0 amide bonds. The van der Waals surface area contributed by atoms with Gasteiger partial charge < -0.3 is 0 Å². The number of allylic oxidation sites excluding steroid dienone is 1. The predicted octanol–water partition coefficient (Wildman–Crippen LogP) is 2.45. The number of pyridine rings is 1. The first-order valence-corrected chi connectivity index (χ1v) is 4.29. The van der Waals surface area contributed by atoms with Gasteiger partial charge in [-0.3, -0.25) is 4.79 Å². The molecule has 0 aromatic carbocycles. The fourth-order valence-corrected chi connectivity index (χ4v) is 1.08. The standard InChI is InChI=1S/C9H8BrNO/c1-7(12)5-6-8-3-2-4-9(10)11-8/h2-6H,1H3. The van der Waals surface area contributed by atoms with Gasteiger partial charge in [0.05, 0.1) is 5.69 Å². The summed E-state index contributed by atoms with van der Waals surface area (Å²) in [6.45, 7) is 1.51. The molecule has 1 aromatic rings. The molecule has 3 heteroatoms. The van der Waals surface area contributed by atoms with Crippen molar-refractivity contribution in [2.45, 2.75) is 6.92 Å². The number of aromatic nitrogens is 1. The van der Waals surface area contributed by atoms with Crippen LogP contribution < -0.4 is 0 Å². The highest BCUT2D eigenvalue weighted by Crippen LogP contribution is 2.07. The quantitative estimate of drug-likeness (QED) is 0.572. The van der Waals surface area contributed by atoms with Crippen molar-refractivity contribution in [3.63, 3.8) is 0 Å². The van der Waals surface area contributed by atoms with Gasteiger partial charge in [-0.15, -0.1) is 0 Å². The van der Waals surface area contributed by atoms with E-state index in [0.29, 0.717) is 0 Å². The van der Waals surface area contributed by atoms with Crippen LogP contribution in [0.3, 0.4) is 0 Å². The SMILES string of the molecule is CC(=O)C=Cc1cccc(Br)n1. The van der Waals surface area contributed by atoms with Crippen LogP contribution in [0, 0.1) is 0 Å². The molecular formula is C9H8BrNO. The Hall–Kier alpha value is -0.960. The van der Waals surface area contributed by atoms with Crippen LogP contribution in [0.5, 0.6) is 0 Å². The van der Waals surface area contributed by atoms with Crippen molar-refractivity contribution in [1.82, 2.24) is 4.98 Å². The van der Waals surface area contributed by atoms with E-state index in [2.05, 4.69) is 20.9 Å². The molecule has 1 heterocycles. The molecule has 0 saturated carbocycles. The summed E-state index contributed by atoms with van der Waals surface area (Å²) in [4.78, 5) is 14.7. The largest absolute Gasteiger partial charge is 0.295 e. The molecular weight excluding hydrogens is 218 g/mol. The van der Waals surface area contributed by atoms with E-state index in [1.54, 1.807) is 6.08 Å². The van der Waals surface area contributed by atoms with Crippen molar-refractivity contribution in [2.75, 3.05) is 0 Å². The van der Waals surface area contributed by atoms with Crippen LogP contribution in [0.1, 0.15) is 12.6 Å². The number of halogens is 1. The van der Waals surface area contributed by atoms with E-state index in [-0.39, 0.29) is 5.78 Å². The number of rotatable bonds is 2. The van der Waals surface area contributed by atoms with Crippen LogP contribution in [-0.4, -0.2) is 10.8 Å². The molecule has 0 bridgehead atoms. The van der Waals surface area contributed by atoms with E-state index in [4.69, 9.17) is 0 Å². The summed E-state index contributed by atoms with van der Waals surface area (Å²) in [5.74, 6) is 0.0248. The average molecular weight is 226 g/mol. The number of carbonyl (C=O) groups excluding carboxylic acids is 1. The van der Waals surface area contributed by atoms with Gasteiger partial charge in [0, 0.05) is 0 Å². The topological polar surface area (TPSA) is 30.0 Å². The minimum atomic E-state index is 0.0248. The Morgan fingerprint density at radius 3 is 2.92 bits per heavy atom. The molecule has 0 atom stereocenters. The Kier molecular flexibility index (Phi) is 3.17. The molecule has 0 radical (unpaired) electrons. The Morgan fingerprint density at radius 2 is 2.33 bits per heavy atom. The van der Waals surface area contributed by atoms with Gasteiger partial charge in [-0.05, 0) is 47.1 Å². The van der Waals surface area contributed by atoms with Gasteiger partial charge in [-0.1, -0.05) is 6.07 Å². The summed E-state index contributed by atoms with van der Waals surface area (Å²) >= 11 is 3.24. The Balaban J connectivity index is 2.83. The maximum atomic E-state index is 10.6. The van der Waals surface area contributed by atoms with Gasteiger partial charge in [0.2, 0.25) is 0 Å². The second-order valence-electron chi connectivity index (χ2n) is 2.33. The number of nitrogens with zero attached hydrogens (tertiary/aromatic N) is 1. The van der Waals surface area contributed by atoms with E-state index in [9.17, 15) is 4.79 Å². The van der Waals surface area contributed by atoms with Gasteiger partial charge in [-0.25, -0.2) is 4.98 Å². The number of hydrogen-bond donors (Lipinski definition) is 0. The lowest BCUT2D eigenvalue weighted by molar-refractivity contribution is -0.112. The summed E-state index contributed by atoms with van der Waals surface area (Å²) < 4.78 is 0.771. The lowest BCUT2D eigenvalue weighted by atomic mass is 10.3. The van der Waals surface area contributed by atoms with Crippen LogP contribution in [0.25, 0.3) is 6.08 Å². The van der Waals surface area contributed by atoms with Crippen molar-refractivity contribution in [3.05, 3.63) is 34.6 Å². The summed E-state index contributed by atoms with van der Waals surface area (Å²) in [6.07, 6.45) is 3.18. The molecule has 2 nitrogen and oxygen atoms in total. The Bertz CT molecular complexity index is 320. The van der Waals surface area contributed by atoms with E-state index in [0.717, 1.165) is 10.3 Å². The van der Waals surface area contributed by atoms with Crippen molar-refractivity contribution >= 4 is 27.8 Å². The predicted molar refractivity (Wildman–Crippen MR) is 51.7 cm³/mol. The molecule has 0 aliphatic carbocycles. The van der Waals surface area contributed by atoms with E-state index in [1.165, 1.54) is 13.0 Å². The summed E-state index contributed by atoms with van der Waals surface area (Å²) in [7, 11) is 0. The number of ketones is 1. The van der Waals surface area contributed by atoms with Gasteiger partial charge >= 0.3 is 0 Å². The van der Waals surface area contributed by atoms with Crippen molar-refractivity contribution in [1.29, 1.82) is 0 Å². The summed E-state index contributed by atoms with van der Waals surface area (Å²) in [6, 6.07) is 5.55. The number of hydrogen-bond acceptors (Lipinski definition) is 2. The molecule has 0 saturated heterocycles. The average Bonchev–Trinajstić information content (AvgIpc) is 2.01. The van der Waals surface area contributed by atoms with Gasteiger partial charge in [0.1, 0.15) is 4.60 Å². The first-order chi connectivity index (χ1) is 5.68. The zero-order valence-electron chi connectivity index (χ0n) is 6.62.